The average molecular weight is 411 g/mol. The van der Waals surface area contributed by atoms with Crippen LogP contribution in [0.5, 0.6) is 11.5 Å². The lowest BCUT2D eigenvalue weighted by molar-refractivity contribution is -0.132. The van der Waals surface area contributed by atoms with E-state index in [1.807, 2.05) is 12.1 Å². The number of allylic oxidation sites excluding steroid dienone is 4. The summed E-state index contributed by atoms with van der Waals surface area (Å²) < 4.78 is 10.1. The summed E-state index contributed by atoms with van der Waals surface area (Å²) in [5.74, 6) is 2.37. The van der Waals surface area contributed by atoms with Crippen LogP contribution in [0.2, 0.25) is 0 Å². The first-order valence-corrected chi connectivity index (χ1v) is 11.0. The van der Waals surface area contributed by atoms with Crippen molar-refractivity contribution in [1.29, 1.82) is 0 Å². The average Bonchev–Trinajstić information content (AvgIpc) is 2.72. The molecule has 3 rings (SSSR count). The highest BCUT2D eigenvalue weighted by Crippen LogP contribution is 2.56. The first-order valence-electron chi connectivity index (χ1n) is 11.0. The van der Waals surface area contributed by atoms with Crippen molar-refractivity contribution in [1.82, 2.24) is 0 Å². The monoisotopic (exact) mass is 410 g/mol. The fourth-order valence-corrected chi connectivity index (χ4v) is 4.68. The number of carbonyl (C=O) groups is 1. The van der Waals surface area contributed by atoms with Crippen LogP contribution in [-0.2, 0) is 11.2 Å². The molecule has 0 heterocycles. The number of carbonyl (C=O) groups excluding carboxylic acids is 1. The van der Waals surface area contributed by atoms with Gasteiger partial charge in [-0.3, -0.25) is 4.79 Å². The van der Waals surface area contributed by atoms with Crippen LogP contribution < -0.4 is 9.47 Å². The third-order valence-corrected chi connectivity index (χ3v) is 6.43. The molecule has 2 aliphatic carbocycles. The predicted octanol–water partition coefficient (Wildman–Crippen LogP) is 7.07. The molecule has 1 saturated carbocycles. The van der Waals surface area contributed by atoms with E-state index in [9.17, 15) is 4.79 Å². The largest absolute Gasteiger partial charge is 0.493 e. The fraction of sp³-hybridized carbons (Fsp3) is 0.519. The lowest BCUT2D eigenvalue weighted by Gasteiger charge is -2.53. The lowest BCUT2D eigenvalue weighted by Crippen LogP contribution is -2.44. The second kappa shape index (κ2) is 10.7. The molecule has 0 saturated heterocycles. The Morgan fingerprint density at radius 1 is 1.27 bits per heavy atom. The molecule has 2 atom stereocenters. The number of hydrogen-bond acceptors (Lipinski definition) is 3. The highest BCUT2D eigenvalue weighted by atomic mass is 16.6. The highest BCUT2D eigenvalue weighted by Gasteiger charge is 2.47. The molecule has 0 spiro atoms. The summed E-state index contributed by atoms with van der Waals surface area (Å²) in [6.45, 7) is 16.5. The number of esters is 1. The van der Waals surface area contributed by atoms with Gasteiger partial charge in [0.2, 0.25) is 0 Å². The Labute approximate surface area is 182 Å². The summed E-state index contributed by atoms with van der Waals surface area (Å²) in [7, 11) is 1.54. The Morgan fingerprint density at radius 3 is 2.60 bits per heavy atom. The van der Waals surface area contributed by atoms with Gasteiger partial charge in [-0.25, -0.2) is 0 Å². The molecule has 1 fully saturated rings. The van der Waals surface area contributed by atoms with E-state index in [2.05, 4.69) is 40.0 Å². The molecule has 0 amide bonds. The van der Waals surface area contributed by atoms with Crippen LogP contribution in [-0.4, -0.2) is 13.1 Å². The van der Waals surface area contributed by atoms with Gasteiger partial charge in [0.15, 0.2) is 11.5 Å². The van der Waals surface area contributed by atoms with Crippen LogP contribution in [0.3, 0.4) is 0 Å². The molecule has 1 aromatic carbocycles. The van der Waals surface area contributed by atoms with Crippen molar-refractivity contribution in [2.45, 2.75) is 66.2 Å². The fourth-order valence-electron chi connectivity index (χ4n) is 4.68. The standard InChI is InChI=1S/C15H24.C12H14O3/c1-11-6-5-7-12(2)13-10-15(3,4)14(13)9-8-11;1-4-5-10-6-7-11(15-9(2)13)12(8-10)14-3/h6,13-14H,2,5,7-10H2,1,3-4H3;4,6-8H,1,5H2,2-3H3/b11-6+;/t13-,14-;/m1./s1. The molecule has 30 heavy (non-hydrogen) atoms. The Morgan fingerprint density at radius 2 is 2.00 bits per heavy atom. The highest BCUT2D eigenvalue weighted by molar-refractivity contribution is 5.70. The number of ether oxygens (including phenoxy) is 2. The maximum absolute atomic E-state index is 10.8. The van der Waals surface area contributed by atoms with Gasteiger partial charge in [-0.05, 0) is 80.4 Å². The summed E-state index contributed by atoms with van der Waals surface area (Å²) in [6, 6.07) is 5.43. The van der Waals surface area contributed by atoms with Gasteiger partial charge in [0.1, 0.15) is 0 Å². The van der Waals surface area contributed by atoms with Crippen molar-refractivity contribution < 1.29 is 14.3 Å². The van der Waals surface area contributed by atoms with Gasteiger partial charge in [0.05, 0.1) is 7.11 Å². The summed E-state index contributed by atoms with van der Waals surface area (Å²) in [5.41, 5.74) is 4.74. The van der Waals surface area contributed by atoms with E-state index in [4.69, 9.17) is 9.47 Å². The molecule has 0 aliphatic heterocycles. The van der Waals surface area contributed by atoms with E-state index >= 15 is 0 Å². The molecule has 0 bridgehead atoms. The number of hydrogen-bond donors (Lipinski definition) is 0. The number of rotatable bonds is 4. The third-order valence-electron chi connectivity index (χ3n) is 6.43. The minimum Gasteiger partial charge on any atom is -0.493 e. The van der Waals surface area contributed by atoms with Crippen LogP contribution in [0.1, 0.15) is 65.4 Å². The molecule has 1 aromatic rings. The van der Waals surface area contributed by atoms with Crippen molar-refractivity contribution in [3.8, 4) is 11.5 Å². The van der Waals surface area contributed by atoms with Crippen molar-refractivity contribution in [3.05, 3.63) is 60.2 Å². The Balaban J connectivity index is 0.000000214. The molecule has 0 unspecified atom stereocenters. The van der Waals surface area contributed by atoms with Crippen LogP contribution >= 0.6 is 0 Å². The number of fused-ring (bicyclic) bond motifs is 1. The van der Waals surface area contributed by atoms with E-state index in [1.54, 1.807) is 24.8 Å². The number of methoxy groups -OCH3 is 1. The zero-order valence-corrected chi connectivity index (χ0v) is 19.4. The Hall–Kier alpha value is -2.29. The van der Waals surface area contributed by atoms with Gasteiger partial charge in [-0.1, -0.05) is 49.8 Å². The molecule has 2 aliphatic rings. The van der Waals surface area contributed by atoms with Gasteiger partial charge in [0.25, 0.3) is 0 Å². The minimum atomic E-state index is -0.357. The van der Waals surface area contributed by atoms with E-state index in [1.165, 1.54) is 44.6 Å². The maximum Gasteiger partial charge on any atom is 0.308 e. The zero-order chi connectivity index (χ0) is 22.3. The number of benzene rings is 1. The summed E-state index contributed by atoms with van der Waals surface area (Å²) in [6.07, 6.45) is 11.5. The smallest absolute Gasteiger partial charge is 0.308 e. The van der Waals surface area contributed by atoms with Crippen molar-refractivity contribution >= 4 is 5.97 Å². The predicted molar refractivity (Wildman–Crippen MR) is 125 cm³/mol. The van der Waals surface area contributed by atoms with E-state index < -0.39 is 0 Å². The van der Waals surface area contributed by atoms with Gasteiger partial charge < -0.3 is 9.47 Å². The van der Waals surface area contributed by atoms with Crippen LogP contribution in [0.15, 0.2) is 54.7 Å². The van der Waals surface area contributed by atoms with Gasteiger partial charge >= 0.3 is 5.97 Å². The Bertz CT molecular complexity index is 800. The topological polar surface area (TPSA) is 35.5 Å². The lowest BCUT2D eigenvalue weighted by atomic mass is 9.52. The van der Waals surface area contributed by atoms with Gasteiger partial charge in [-0.15, -0.1) is 6.58 Å². The molecular weight excluding hydrogens is 372 g/mol. The summed E-state index contributed by atoms with van der Waals surface area (Å²) >= 11 is 0. The zero-order valence-electron chi connectivity index (χ0n) is 19.4. The van der Waals surface area contributed by atoms with Crippen molar-refractivity contribution in [3.63, 3.8) is 0 Å². The second-order valence-electron chi connectivity index (χ2n) is 9.26. The minimum absolute atomic E-state index is 0.357. The first kappa shape index (κ1) is 24.0. The Kier molecular flexibility index (Phi) is 8.52. The molecule has 0 radical (unpaired) electrons. The summed E-state index contributed by atoms with van der Waals surface area (Å²) in [5, 5.41) is 0. The first-order chi connectivity index (χ1) is 14.2. The third kappa shape index (κ3) is 6.35. The molecular formula is C27H38O3. The molecule has 0 N–H and O–H groups in total. The SMILES string of the molecule is C=C1CC/C=C(\C)CC[C@@H]2[C@@H]1CC2(C)C.C=CCc1ccc(OC(C)=O)c(OC)c1. The maximum atomic E-state index is 10.8. The normalized spacial score (nSPS) is 24.2. The second-order valence-corrected chi connectivity index (χ2v) is 9.26. The molecule has 3 heteroatoms. The molecule has 3 nitrogen and oxygen atoms in total. The van der Waals surface area contributed by atoms with Gasteiger partial charge in [-0.2, -0.15) is 0 Å². The summed E-state index contributed by atoms with van der Waals surface area (Å²) in [4.78, 5) is 10.8. The van der Waals surface area contributed by atoms with E-state index in [0.717, 1.165) is 23.8 Å². The van der Waals surface area contributed by atoms with E-state index in [0.29, 0.717) is 16.9 Å². The van der Waals surface area contributed by atoms with Crippen LogP contribution in [0.4, 0.5) is 0 Å². The van der Waals surface area contributed by atoms with Crippen molar-refractivity contribution in [2.24, 2.45) is 17.3 Å². The van der Waals surface area contributed by atoms with Crippen molar-refractivity contribution in [2.75, 3.05) is 7.11 Å². The molecule has 164 valence electrons. The van der Waals surface area contributed by atoms with E-state index in [-0.39, 0.29) is 5.97 Å². The van der Waals surface area contributed by atoms with Gasteiger partial charge in [0, 0.05) is 6.92 Å². The van der Waals surface area contributed by atoms with Crippen LogP contribution in [0, 0.1) is 17.3 Å². The van der Waals surface area contributed by atoms with Crippen LogP contribution in [0.25, 0.3) is 0 Å². The quantitative estimate of drug-likeness (QED) is 0.302. The molecule has 0 aromatic heterocycles.